The van der Waals surface area contributed by atoms with Gasteiger partial charge in [-0.15, -0.1) is 12.6 Å². The molecule has 0 bridgehead atoms. The highest BCUT2D eigenvalue weighted by Crippen LogP contribution is 2.16. The van der Waals surface area contributed by atoms with Crippen LogP contribution in [0.25, 0.3) is 0 Å². The molecule has 0 unspecified atom stereocenters. The number of nitrogens with one attached hydrogen (secondary N) is 1. The van der Waals surface area contributed by atoms with Crippen LogP contribution in [0.15, 0.2) is 9.82 Å². The summed E-state index contributed by atoms with van der Waals surface area (Å²) in [6, 6.07) is 0. The van der Waals surface area contributed by atoms with Crippen LogP contribution in [0.4, 0.5) is 0 Å². The van der Waals surface area contributed by atoms with E-state index >= 15 is 0 Å². The van der Waals surface area contributed by atoms with E-state index in [9.17, 15) is 4.79 Å². The number of imidazole rings is 1. The number of thiol groups is 1. The van der Waals surface area contributed by atoms with Gasteiger partial charge in [0.1, 0.15) is 5.03 Å². The first-order chi connectivity index (χ1) is 5.52. The molecule has 0 saturated carbocycles. The van der Waals surface area contributed by atoms with Crippen molar-refractivity contribution in [3.05, 3.63) is 10.5 Å². The molecule has 68 valence electrons. The molecule has 0 aliphatic rings. The van der Waals surface area contributed by atoms with Crippen molar-refractivity contribution < 1.29 is 5.11 Å². The van der Waals surface area contributed by atoms with Crippen LogP contribution in [0.1, 0.15) is 13.8 Å². The quantitative estimate of drug-likeness (QED) is 0.602. The fraction of sp³-hybridized carbons (Fsp3) is 0.571. The van der Waals surface area contributed by atoms with Crippen LogP contribution in [0, 0.1) is 5.92 Å². The highest BCUT2D eigenvalue weighted by atomic mass is 32.1. The van der Waals surface area contributed by atoms with Gasteiger partial charge in [-0.3, -0.25) is 9.55 Å². The molecule has 0 amide bonds. The van der Waals surface area contributed by atoms with Gasteiger partial charge in [0.2, 0.25) is 5.88 Å². The minimum Gasteiger partial charge on any atom is -0.493 e. The highest BCUT2D eigenvalue weighted by molar-refractivity contribution is 7.80. The molecule has 4 nitrogen and oxygen atoms in total. The number of rotatable bonds is 2. The summed E-state index contributed by atoms with van der Waals surface area (Å²) in [5.74, 6) is 0.188. The highest BCUT2D eigenvalue weighted by Gasteiger charge is 2.09. The fourth-order valence-corrected chi connectivity index (χ4v) is 1.21. The topological polar surface area (TPSA) is 58.0 Å². The lowest BCUT2D eigenvalue weighted by Gasteiger charge is -2.05. The number of hydrogen-bond acceptors (Lipinski definition) is 3. The zero-order chi connectivity index (χ0) is 9.30. The maximum absolute atomic E-state index is 11.1. The summed E-state index contributed by atoms with van der Waals surface area (Å²) >= 11 is 3.99. The van der Waals surface area contributed by atoms with Gasteiger partial charge >= 0.3 is 5.69 Å². The van der Waals surface area contributed by atoms with Gasteiger partial charge in [0.05, 0.1) is 0 Å². The number of aromatic hydroxyl groups is 1. The average molecular weight is 188 g/mol. The minimum absolute atomic E-state index is 0.163. The van der Waals surface area contributed by atoms with Gasteiger partial charge in [-0.25, -0.2) is 4.79 Å². The van der Waals surface area contributed by atoms with E-state index in [1.165, 1.54) is 4.57 Å². The number of aromatic nitrogens is 2. The molecule has 1 aromatic heterocycles. The first-order valence-electron chi connectivity index (χ1n) is 3.73. The molecular formula is C7H12N2O2S. The van der Waals surface area contributed by atoms with Gasteiger partial charge < -0.3 is 5.11 Å². The summed E-state index contributed by atoms with van der Waals surface area (Å²) in [5.41, 5.74) is -0.314. The predicted molar refractivity (Wildman–Crippen MR) is 48.8 cm³/mol. The zero-order valence-electron chi connectivity index (χ0n) is 7.03. The van der Waals surface area contributed by atoms with Gasteiger partial charge in [0.25, 0.3) is 0 Å². The summed E-state index contributed by atoms with van der Waals surface area (Å²) < 4.78 is 1.41. The molecule has 0 aromatic carbocycles. The largest absolute Gasteiger partial charge is 0.493 e. The summed E-state index contributed by atoms with van der Waals surface area (Å²) in [4.78, 5) is 13.4. The average Bonchev–Trinajstić information content (AvgIpc) is 2.16. The molecule has 5 heteroatoms. The van der Waals surface area contributed by atoms with E-state index in [1.54, 1.807) is 0 Å². The van der Waals surface area contributed by atoms with Crippen LogP contribution in [-0.4, -0.2) is 14.7 Å². The third kappa shape index (κ3) is 1.66. The lowest BCUT2D eigenvalue weighted by atomic mass is 10.2. The van der Waals surface area contributed by atoms with Crippen LogP contribution in [0.3, 0.4) is 0 Å². The van der Waals surface area contributed by atoms with E-state index in [0.29, 0.717) is 17.5 Å². The molecular weight excluding hydrogens is 176 g/mol. The lowest BCUT2D eigenvalue weighted by Crippen LogP contribution is -2.19. The maximum atomic E-state index is 11.1. The van der Waals surface area contributed by atoms with E-state index in [0.717, 1.165) is 0 Å². The molecule has 12 heavy (non-hydrogen) atoms. The van der Waals surface area contributed by atoms with Crippen LogP contribution >= 0.6 is 12.6 Å². The Morgan fingerprint density at radius 3 is 2.58 bits per heavy atom. The molecule has 0 radical (unpaired) electrons. The van der Waals surface area contributed by atoms with Crippen molar-refractivity contribution in [3.63, 3.8) is 0 Å². The van der Waals surface area contributed by atoms with Gasteiger partial charge in [0.15, 0.2) is 0 Å². The third-order valence-corrected chi connectivity index (χ3v) is 1.94. The first kappa shape index (κ1) is 9.25. The summed E-state index contributed by atoms with van der Waals surface area (Å²) in [5, 5.41) is 9.38. The fourth-order valence-electron chi connectivity index (χ4n) is 0.983. The predicted octanol–water partition coefficient (Wildman–Crippen LogP) is 0.827. The molecule has 0 saturated heterocycles. The molecule has 0 fully saturated rings. The van der Waals surface area contributed by atoms with E-state index in [2.05, 4.69) is 17.6 Å². The van der Waals surface area contributed by atoms with Gasteiger partial charge in [-0.1, -0.05) is 13.8 Å². The molecule has 0 spiro atoms. The normalized spacial score (nSPS) is 11.0. The Morgan fingerprint density at radius 2 is 2.25 bits per heavy atom. The number of hydrogen-bond donors (Lipinski definition) is 3. The Bertz CT molecular complexity index is 327. The smallest absolute Gasteiger partial charge is 0.329 e. The van der Waals surface area contributed by atoms with Gasteiger partial charge in [-0.2, -0.15) is 0 Å². The lowest BCUT2D eigenvalue weighted by molar-refractivity contribution is 0.430. The summed E-state index contributed by atoms with van der Waals surface area (Å²) in [6.07, 6.45) is 0. The summed E-state index contributed by atoms with van der Waals surface area (Å²) in [7, 11) is 0. The Kier molecular flexibility index (Phi) is 2.52. The van der Waals surface area contributed by atoms with E-state index in [-0.39, 0.29) is 11.6 Å². The second-order valence-electron chi connectivity index (χ2n) is 3.11. The van der Waals surface area contributed by atoms with Crippen molar-refractivity contribution >= 4 is 12.6 Å². The Hall–Kier alpha value is -0.840. The second-order valence-corrected chi connectivity index (χ2v) is 3.53. The number of aromatic amines is 1. The molecule has 1 heterocycles. The third-order valence-electron chi connectivity index (χ3n) is 1.49. The van der Waals surface area contributed by atoms with Crippen molar-refractivity contribution in [1.29, 1.82) is 0 Å². The monoisotopic (exact) mass is 188 g/mol. The molecule has 2 N–H and O–H groups in total. The minimum atomic E-state index is -0.314. The maximum Gasteiger partial charge on any atom is 0.329 e. The Balaban J connectivity index is 3.06. The van der Waals surface area contributed by atoms with Crippen LogP contribution < -0.4 is 5.69 Å². The molecule has 1 aromatic rings. The van der Waals surface area contributed by atoms with E-state index in [4.69, 9.17) is 5.11 Å². The van der Waals surface area contributed by atoms with Crippen LogP contribution in [0.2, 0.25) is 0 Å². The molecule has 0 aliphatic heterocycles. The van der Waals surface area contributed by atoms with Crippen LogP contribution in [0.5, 0.6) is 5.88 Å². The van der Waals surface area contributed by atoms with Gasteiger partial charge in [-0.05, 0) is 5.92 Å². The number of nitrogens with zero attached hydrogens (tertiary/aromatic N) is 1. The van der Waals surface area contributed by atoms with Crippen molar-refractivity contribution in [2.24, 2.45) is 5.92 Å². The van der Waals surface area contributed by atoms with Crippen molar-refractivity contribution in [2.45, 2.75) is 25.4 Å². The van der Waals surface area contributed by atoms with Crippen molar-refractivity contribution in [1.82, 2.24) is 9.55 Å². The zero-order valence-corrected chi connectivity index (χ0v) is 7.93. The van der Waals surface area contributed by atoms with Crippen molar-refractivity contribution in [2.75, 3.05) is 0 Å². The molecule has 0 atom stereocenters. The van der Waals surface area contributed by atoms with E-state index in [1.807, 2.05) is 13.8 Å². The Morgan fingerprint density at radius 1 is 1.67 bits per heavy atom. The van der Waals surface area contributed by atoms with E-state index < -0.39 is 0 Å². The Labute approximate surface area is 75.6 Å². The number of H-pyrrole nitrogens is 1. The van der Waals surface area contributed by atoms with Crippen molar-refractivity contribution in [3.8, 4) is 5.88 Å². The SMILES string of the molecule is CC(C)Cn1c(S)c(O)[nH]c1=O. The second kappa shape index (κ2) is 3.26. The van der Waals surface area contributed by atoms with Gasteiger partial charge in [0, 0.05) is 6.54 Å². The first-order valence-corrected chi connectivity index (χ1v) is 4.17. The molecule has 0 aliphatic carbocycles. The standard InChI is InChI=1S/C7H12N2O2S/c1-4(2)3-9-6(12)5(10)8-7(9)11/h4,10,12H,3H2,1-2H3,(H,8,11). The van der Waals surface area contributed by atoms with Crippen LogP contribution in [-0.2, 0) is 6.54 Å². The summed E-state index contributed by atoms with van der Waals surface area (Å²) in [6.45, 7) is 4.54. The molecule has 1 rings (SSSR count).